The summed E-state index contributed by atoms with van der Waals surface area (Å²) in [5.74, 6) is 0.248. The minimum atomic E-state index is -0.255. The third kappa shape index (κ3) is 3.15. The van der Waals surface area contributed by atoms with Crippen LogP contribution in [0.3, 0.4) is 0 Å². The fourth-order valence-electron chi connectivity index (χ4n) is 1.35. The molecule has 1 unspecified atom stereocenters. The number of hydrazine groups is 1. The van der Waals surface area contributed by atoms with Crippen molar-refractivity contribution in [3.8, 4) is 0 Å². The van der Waals surface area contributed by atoms with Gasteiger partial charge in [0.1, 0.15) is 6.54 Å². The summed E-state index contributed by atoms with van der Waals surface area (Å²) in [4.78, 5) is 11.8. The Hall–Kier alpha value is -1.17. The number of carbonyl (C=O) groups excluding carboxylic acids is 1. The zero-order valence-corrected chi connectivity index (χ0v) is 10.3. The lowest BCUT2D eigenvalue weighted by molar-refractivity contribution is 0.0898. The van der Waals surface area contributed by atoms with E-state index in [1.54, 1.807) is 24.3 Å². The van der Waals surface area contributed by atoms with Crippen LogP contribution in [-0.2, 0) is 0 Å². The minimum Gasteiger partial charge on any atom is -0.292 e. The van der Waals surface area contributed by atoms with Crippen molar-refractivity contribution < 1.29 is 4.79 Å². The second-order valence-corrected chi connectivity index (χ2v) is 4.24. The van der Waals surface area contributed by atoms with Crippen LogP contribution in [0.1, 0.15) is 10.4 Å². The summed E-state index contributed by atoms with van der Waals surface area (Å²) in [5, 5.41) is 9.60. The Morgan fingerprint density at radius 1 is 1.41 bits per heavy atom. The van der Waals surface area contributed by atoms with Gasteiger partial charge in [0.2, 0.25) is 0 Å². The molecule has 1 N–H and O–H groups in total. The van der Waals surface area contributed by atoms with Crippen molar-refractivity contribution in [2.75, 3.05) is 12.4 Å². The van der Waals surface area contributed by atoms with Crippen molar-refractivity contribution >= 4 is 29.0 Å². The predicted molar refractivity (Wildman–Crippen MR) is 65.0 cm³/mol. The molecule has 2 rings (SSSR count). The predicted octanol–water partition coefficient (Wildman–Crippen LogP) is 2.28. The van der Waals surface area contributed by atoms with Crippen LogP contribution in [0.2, 0.25) is 5.02 Å². The normalized spacial score (nSPS) is 18.7. The van der Waals surface area contributed by atoms with Crippen LogP contribution in [-0.4, -0.2) is 29.5 Å². The maximum Gasteiger partial charge on any atom is 0.185 e. The number of nitrogens with zero attached hydrogens (tertiary/aromatic N) is 3. The Bertz CT molecular complexity index is 434. The van der Waals surface area contributed by atoms with Crippen LogP contribution in [0, 0.1) is 0 Å². The number of carbonyl (C=O) groups is 1. The number of nitrogens with one attached hydrogen (secondary N) is 1. The van der Waals surface area contributed by atoms with E-state index in [0.29, 0.717) is 16.5 Å². The number of Topliss-reactive ketones (excluding diaryl/α,β-unsaturated/α-hetero) is 1. The summed E-state index contributed by atoms with van der Waals surface area (Å²) >= 11 is 11.3. The molecular weight excluding hydrogens is 263 g/mol. The van der Waals surface area contributed by atoms with Gasteiger partial charge in [0.15, 0.2) is 11.9 Å². The highest BCUT2D eigenvalue weighted by Crippen LogP contribution is 2.11. The topological polar surface area (TPSA) is 57.1 Å². The van der Waals surface area contributed by atoms with Gasteiger partial charge in [-0.15, -0.1) is 16.7 Å². The summed E-state index contributed by atoms with van der Waals surface area (Å²) in [6.45, 7) is 0.110. The van der Waals surface area contributed by atoms with Gasteiger partial charge in [-0.25, -0.2) is 5.12 Å². The van der Waals surface area contributed by atoms with E-state index >= 15 is 0 Å². The maximum atomic E-state index is 11.8. The van der Waals surface area contributed by atoms with Gasteiger partial charge in [-0.2, -0.15) is 5.43 Å². The van der Waals surface area contributed by atoms with E-state index in [-0.39, 0.29) is 18.5 Å². The SMILES string of the molecule is O=C(CN1N=NC(CCl)N1)c1ccc(Cl)cc1. The van der Waals surface area contributed by atoms with E-state index in [4.69, 9.17) is 23.2 Å². The molecule has 1 atom stereocenters. The second kappa shape index (κ2) is 5.44. The average molecular weight is 273 g/mol. The van der Waals surface area contributed by atoms with Crippen LogP contribution in [0.4, 0.5) is 0 Å². The van der Waals surface area contributed by atoms with Crippen LogP contribution in [0.5, 0.6) is 0 Å². The van der Waals surface area contributed by atoms with Gasteiger partial charge >= 0.3 is 0 Å². The van der Waals surface area contributed by atoms with Crippen molar-refractivity contribution in [1.82, 2.24) is 10.5 Å². The standard InChI is InChI=1S/C10H10Cl2N4O/c11-5-10-13-15-16(14-10)6-9(17)7-1-3-8(12)4-2-7/h1-4,10,14H,5-6H2. The minimum absolute atomic E-state index is 0.0664. The van der Waals surface area contributed by atoms with E-state index in [0.717, 1.165) is 0 Å². The first-order valence-corrected chi connectivity index (χ1v) is 5.89. The number of ketones is 1. The molecule has 7 heteroatoms. The molecule has 0 spiro atoms. The monoisotopic (exact) mass is 272 g/mol. The average Bonchev–Trinajstić information content (AvgIpc) is 2.77. The molecule has 1 aliphatic rings. The molecule has 90 valence electrons. The summed E-state index contributed by atoms with van der Waals surface area (Å²) in [7, 11) is 0. The lowest BCUT2D eigenvalue weighted by Gasteiger charge is -2.13. The van der Waals surface area contributed by atoms with Crippen molar-refractivity contribution in [2.45, 2.75) is 6.17 Å². The number of hydrogen-bond donors (Lipinski definition) is 1. The van der Waals surface area contributed by atoms with Gasteiger partial charge in [0, 0.05) is 10.6 Å². The molecule has 1 aromatic carbocycles. The maximum absolute atomic E-state index is 11.8. The number of rotatable bonds is 4. The van der Waals surface area contributed by atoms with E-state index in [1.165, 1.54) is 5.12 Å². The zero-order valence-electron chi connectivity index (χ0n) is 8.81. The van der Waals surface area contributed by atoms with E-state index in [2.05, 4.69) is 15.8 Å². The quantitative estimate of drug-likeness (QED) is 0.676. The van der Waals surface area contributed by atoms with Crippen molar-refractivity contribution in [2.24, 2.45) is 10.3 Å². The summed E-state index contributed by atoms with van der Waals surface area (Å²) in [6, 6.07) is 6.71. The van der Waals surface area contributed by atoms with Crippen LogP contribution >= 0.6 is 23.2 Å². The molecule has 17 heavy (non-hydrogen) atoms. The first kappa shape index (κ1) is 12.3. The Morgan fingerprint density at radius 2 is 2.12 bits per heavy atom. The summed E-state index contributed by atoms with van der Waals surface area (Å²) < 4.78 is 0. The van der Waals surface area contributed by atoms with Crippen molar-refractivity contribution in [3.63, 3.8) is 0 Å². The molecule has 0 saturated carbocycles. The molecule has 5 nitrogen and oxygen atoms in total. The van der Waals surface area contributed by atoms with Crippen LogP contribution in [0.15, 0.2) is 34.6 Å². The number of hydrogen-bond acceptors (Lipinski definition) is 5. The fourth-order valence-corrected chi connectivity index (χ4v) is 1.61. The van der Waals surface area contributed by atoms with Crippen LogP contribution < -0.4 is 5.43 Å². The molecule has 0 radical (unpaired) electrons. The molecule has 0 amide bonds. The third-order valence-corrected chi connectivity index (χ3v) is 2.75. The van der Waals surface area contributed by atoms with E-state index < -0.39 is 0 Å². The summed E-state index contributed by atoms with van der Waals surface area (Å²) in [5.41, 5.74) is 3.46. The largest absolute Gasteiger partial charge is 0.292 e. The third-order valence-electron chi connectivity index (χ3n) is 2.20. The Balaban J connectivity index is 1.94. The smallest absolute Gasteiger partial charge is 0.185 e. The lowest BCUT2D eigenvalue weighted by Crippen LogP contribution is -2.39. The number of halogens is 2. The molecule has 1 heterocycles. The zero-order chi connectivity index (χ0) is 12.3. The van der Waals surface area contributed by atoms with Gasteiger partial charge < -0.3 is 0 Å². The lowest BCUT2D eigenvalue weighted by atomic mass is 10.1. The Morgan fingerprint density at radius 3 is 2.71 bits per heavy atom. The van der Waals surface area contributed by atoms with E-state index in [1.807, 2.05) is 0 Å². The van der Waals surface area contributed by atoms with Crippen LogP contribution in [0.25, 0.3) is 0 Å². The fraction of sp³-hybridized carbons (Fsp3) is 0.300. The van der Waals surface area contributed by atoms with Gasteiger partial charge in [0.05, 0.1) is 5.88 Å². The first-order valence-electron chi connectivity index (χ1n) is 4.98. The number of benzene rings is 1. The Labute approximate surface area is 108 Å². The molecular formula is C10H10Cl2N4O. The molecule has 1 aromatic rings. The second-order valence-electron chi connectivity index (χ2n) is 3.49. The molecule has 0 saturated heterocycles. The summed E-state index contributed by atoms with van der Waals surface area (Å²) in [6.07, 6.45) is -0.255. The molecule has 0 bridgehead atoms. The van der Waals surface area contributed by atoms with Gasteiger partial charge in [0.25, 0.3) is 0 Å². The molecule has 0 aliphatic carbocycles. The molecule has 0 fully saturated rings. The highest BCUT2D eigenvalue weighted by atomic mass is 35.5. The van der Waals surface area contributed by atoms with Gasteiger partial charge in [-0.05, 0) is 24.3 Å². The van der Waals surface area contributed by atoms with Crippen molar-refractivity contribution in [3.05, 3.63) is 34.9 Å². The number of alkyl halides is 1. The van der Waals surface area contributed by atoms with Crippen molar-refractivity contribution in [1.29, 1.82) is 0 Å². The molecule has 0 aromatic heterocycles. The highest BCUT2D eigenvalue weighted by Gasteiger charge is 2.19. The van der Waals surface area contributed by atoms with Gasteiger partial charge in [-0.3, -0.25) is 4.79 Å². The van der Waals surface area contributed by atoms with Gasteiger partial charge in [-0.1, -0.05) is 16.8 Å². The Kier molecular flexibility index (Phi) is 3.93. The first-order chi connectivity index (χ1) is 8.19. The highest BCUT2D eigenvalue weighted by molar-refractivity contribution is 6.30. The van der Waals surface area contributed by atoms with E-state index in [9.17, 15) is 4.79 Å². The molecule has 1 aliphatic heterocycles.